The van der Waals surface area contributed by atoms with Crippen molar-refractivity contribution in [3.8, 4) is 18.1 Å². The molecule has 1 heterocycles. The summed E-state index contributed by atoms with van der Waals surface area (Å²) in [6.45, 7) is 0.797. The Bertz CT molecular complexity index is 1500. The lowest BCUT2D eigenvalue weighted by atomic mass is 9.58. The van der Waals surface area contributed by atoms with Gasteiger partial charge in [-0.05, 0) is 59.2 Å². The SMILES string of the molecule is C#CCC1CC(=O)C2[C@H](CN(Cc3ccc(Cl)cc3Cl)C(=O)[C@@H]2Cc2ccc(O)cc2)C1C(=O)NCc1ccccc1. The molecule has 0 aromatic heterocycles. The minimum Gasteiger partial charge on any atom is -0.508 e. The number of nitrogens with zero attached hydrogens (tertiary/aromatic N) is 1. The van der Waals surface area contributed by atoms with Crippen LogP contribution in [0.2, 0.25) is 10.0 Å². The highest BCUT2D eigenvalue weighted by molar-refractivity contribution is 6.35. The van der Waals surface area contributed by atoms with Crippen molar-refractivity contribution in [1.82, 2.24) is 10.2 Å². The van der Waals surface area contributed by atoms with E-state index in [0.717, 1.165) is 16.7 Å². The average Bonchev–Trinajstić information content (AvgIpc) is 2.97. The summed E-state index contributed by atoms with van der Waals surface area (Å²) >= 11 is 12.6. The average molecular weight is 604 g/mol. The molecular weight excluding hydrogens is 571 g/mol. The van der Waals surface area contributed by atoms with Crippen LogP contribution < -0.4 is 5.32 Å². The minimum absolute atomic E-state index is 0.0336. The molecule has 6 nitrogen and oxygen atoms in total. The molecule has 5 atom stereocenters. The zero-order valence-electron chi connectivity index (χ0n) is 23.0. The Kier molecular flexibility index (Phi) is 9.21. The highest BCUT2D eigenvalue weighted by Gasteiger charge is 2.55. The number of hydrogen-bond donors (Lipinski definition) is 2. The number of carbonyl (C=O) groups excluding carboxylic acids is 3. The van der Waals surface area contributed by atoms with Gasteiger partial charge in [0.1, 0.15) is 11.5 Å². The van der Waals surface area contributed by atoms with Crippen LogP contribution >= 0.6 is 23.2 Å². The van der Waals surface area contributed by atoms with Gasteiger partial charge in [-0.2, -0.15) is 0 Å². The number of rotatable bonds is 8. The van der Waals surface area contributed by atoms with Gasteiger partial charge in [-0.15, -0.1) is 12.3 Å². The number of terminal acetylenes is 1. The Morgan fingerprint density at radius 1 is 1.02 bits per heavy atom. The van der Waals surface area contributed by atoms with E-state index < -0.39 is 23.7 Å². The van der Waals surface area contributed by atoms with Gasteiger partial charge >= 0.3 is 0 Å². The number of nitrogens with one attached hydrogen (secondary N) is 1. The van der Waals surface area contributed by atoms with Crippen LogP contribution in [-0.4, -0.2) is 34.1 Å². The van der Waals surface area contributed by atoms with Gasteiger partial charge < -0.3 is 15.3 Å². The molecule has 1 saturated heterocycles. The zero-order chi connectivity index (χ0) is 29.8. The van der Waals surface area contributed by atoms with E-state index in [9.17, 15) is 19.5 Å². The Morgan fingerprint density at radius 3 is 2.45 bits per heavy atom. The van der Waals surface area contributed by atoms with Gasteiger partial charge in [0.2, 0.25) is 11.8 Å². The van der Waals surface area contributed by atoms with Crippen LogP contribution in [0.1, 0.15) is 29.5 Å². The van der Waals surface area contributed by atoms with Crippen molar-refractivity contribution >= 4 is 40.8 Å². The van der Waals surface area contributed by atoms with Gasteiger partial charge in [-0.25, -0.2) is 0 Å². The van der Waals surface area contributed by atoms with Gasteiger partial charge in [0.05, 0.1) is 5.92 Å². The van der Waals surface area contributed by atoms with Crippen molar-refractivity contribution in [3.63, 3.8) is 0 Å². The second-order valence-corrected chi connectivity index (χ2v) is 12.0. The fourth-order valence-electron chi connectivity index (χ4n) is 6.58. The quantitative estimate of drug-likeness (QED) is 0.325. The largest absolute Gasteiger partial charge is 0.508 e. The van der Waals surface area contributed by atoms with Crippen molar-refractivity contribution < 1.29 is 19.5 Å². The van der Waals surface area contributed by atoms with E-state index in [1.54, 1.807) is 47.4 Å². The third-order valence-corrected chi connectivity index (χ3v) is 9.11. The second-order valence-electron chi connectivity index (χ2n) is 11.2. The molecule has 3 unspecified atom stereocenters. The molecule has 3 aromatic carbocycles. The molecule has 0 spiro atoms. The topological polar surface area (TPSA) is 86.7 Å². The molecule has 2 fully saturated rings. The summed E-state index contributed by atoms with van der Waals surface area (Å²) in [4.78, 5) is 43.5. The molecule has 2 N–H and O–H groups in total. The molecular formula is C34H32Cl2N2O4. The Morgan fingerprint density at radius 2 is 1.76 bits per heavy atom. The van der Waals surface area contributed by atoms with Crippen molar-refractivity contribution in [3.05, 3.63) is 99.5 Å². The van der Waals surface area contributed by atoms with Gasteiger partial charge in [-0.3, -0.25) is 14.4 Å². The predicted octanol–water partition coefficient (Wildman–Crippen LogP) is 5.68. The number of halogens is 2. The fraction of sp³-hybridized carbons (Fsp3) is 0.324. The first-order chi connectivity index (χ1) is 20.2. The van der Waals surface area contributed by atoms with Crippen molar-refractivity contribution in [1.29, 1.82) is 0 Å². The van der Waals surface area contributed by atoms with Crippen LogP contribution in [-0.2, 0) is 33.9 Å². The van der Waals surface area contributed by atoms with Crippen molar-refractivity contribution in [2.24, 2.45) is 29.6 Å². The smallest absolute Gasteiger partial charge is 0.227 e. The number of piperidine rings is 1. The first-order valence-corrected chi connectivity index (χ1v) is 14.8. The number of aromatic hydroxyl groups is 1. The first-order valence-electron chi connectivity index (χ1n) is 14.0. The van der Waals surface area contributed by atoms with E-state index in [1.165, 1.54) is 0 Å². The van der Waals surface area contributed by atoms with Crippen LogP contribution in [0.5, 0.6) is 5.75 Å². The Balaban J connectivity index is 1.50. The van der Waals surface area contributed by atoms with Gasteiger partial charge in [0, 0.05) is 54.4 Å². The lowest BCUT2D eigenvalue weighted by Crippen LogP contribution is -2.60. The van der Waals surface area contributed by atoms with E-state index in [2.05, 4.69) is 11.2 Å². The summed E-state index contributed by atoms with van der Waals surface area (Å²) in [5.74, 6) is -0.187. The molecule has 8 heteroatoms. The first kappa shape index (κ1) is 29.7. The van der Waals surface area contributed by atoms with E-state index in [0.29, 0.717) is 23.0 Å². The minimum atomic E-state index is -0.678. The Hall–Kier alpha value is -3.79. The van der Waals surface area contributed by atoms with E-state index >= 15 is 0 Å². The van der Waals surface area contributed by atoms with E-state index in [-0.39, 0.29) is 55.2 Å². The standard InChI is InChI=1S/C34H32Cl2N2O4/c1-2-6-23-16-30(40)32-27(15-21-9-13-26(39)14-10-21)34(42)38(19-24-11-12-25(35)17-29(24)36)20-28(32)31(23)33(41)37-18-22-7-4-3-5-8-22/h1,3-5,7-14,17,23,27-28,31-32,39H,6,15-16,18-20H2,(H,37,41)/t23?,27-,28-,31?,32?/m1/s1. The van der Waals surface area contributed by atoms with Crippen LogP contribution in [0.4, 0.5) is 0 Å². The predicted molar refractivity (Wildman–Crippen MR) is 163 cm³/mol. The van der Waals surface area contributed by atoms with Gasteiger partial charge in [0.15, 0.2) is 0 Å². The maximum atomic E-state index is 14.1. The summed E-state index contributed by atoms with van der Waals surface area (Å²) in [5, 5.41) is 13.8. The van der Waals surface area contributed by atoms with Crippen molar-refractivity contribution in [2.75, 3.05) is 6.54 Å². The van der Waals surface area contributed by atoms with E-state index in [4.69, 9.17) is 29.6 Å². The summed E-state index contributed by atoms with van der Waals surface area (Å²) in [6, 6.07) is 21.4. The van der Waals surface area contributed by atoms with Gasteiger partial charge in [-0.1, -0.05) is 71.7 Å². The monoisotopic (exact) mass is 602 g/mol. The molecule has 1 aliphatic heterocycles. The molecule has 42 heavy (non-hydrogen) atoms. The normalized spacial score (nSPS) is 23.6. The molecule has 0 radical (unpaired) electrons. The highest BCUT2D eigenvalue weighted by Crippen LogP contribution is 2.46. The van der Waals surface area contributed by atoms with Crippen LogP contribution in [0.15, 0.2) is 72.8 Å². The maximum Gasteiger partial charge on any atom is 0.227 e. The van der Waals surface area contributed by atoms with Crippen LogP contribution in [0.25, 0.3) is 0 Å². The van der Waals surface area contributed by atoms with E-state index in [1.807, 2.05) is 30.3 Å². The summed E-state index contributed by atoms with van der Waals surface area (Å²) in [5.41, 5.74) is 2.51. The number of hydrogen-bond acceptors (Lipinski definition) is 4. The number of likely N-dealkylation sites (tertiary alicyclic amines) is 1. The molecule has 216 valence electrons. The molecule has 2 aliphatic rings. The lowest BCUT2D eigenvalue weighted by molar-refractivity contribution is -0.160. The third kappa shape index (κ3) is 6.48. The maximum absolute atomic E-state index is 14.1. The molecule has 1 aliphatic carbocycles. The number of carbonyl (C=O) groups is 3. The number of fused-ring (bicyclic) bond motifs is 1. The third-order valence-electron chi connectivity index (χ3n) is 8.52. The molecule has 3 aromatic rings. The summed E-state index contributed by atoms with van der Waals surface area (Å²) < 4.78 is 0. The number of amides is 2. The number of benzene rings is 3. The zero-order valence-corrected chi connectivity index (χ0v) is 24.5. The summed E-state index contributed by atoms with van der Waals surface area (Å²) in [7, 11) is 0. The van der Waals surface area contributed by atoms with Crippen molar-refractivity contribution in [2.45, 2.75) is 32.4 Å². The number of Topliss-reactive ketones (excluding diaryl/α,β-unsaturated/α-hetero) is 1. The lowest BCUT2D eigenvalue weighted by Gasteiger charge is -2.49. The Labute approximate surface area is 256 Å². The van der Waals surface area contributed by atoms with Gasteiger partial charge in [0.25, 0.3) is 0 Å². The molecule has 2 amide bonds. The fourth-order valence-corrected chi connectivity index (χ4v) is 7.04. The highest BCUT2D eigenvalue weighted by atomic mass is 35.5. The number of phenols is 1. The summed E-state index contributed by atoms with van der Waals surface area (Å²) in [6.07, 6.45) is 6.46. The number of phenolic OH excluding ortho intramolecular Hbond substituents is 1. The van der Waals surface area contributed by atoms with Crippen LogP contribution in [0, 0.1) is 41.9 Å². The molecule has 0 bridgehead atoms. The second kappa shape index (κ2) is 13.0. The molecule has 1 saturated carbocycles. The number of ketones is 1. The molecule has 5 rings (SSSR count). The van der Waals surface area contributed by atoms with Crippen LogP contribution in [0.3, 0.4) is 0 Å².